The SMILES string of the molecule is Cc1nn(C)c(C)c1CCC(=O)Nc1ccc(C(O)c2cccs2)cc1. The van der Waals surface area contributed by atoms with Gasteiger partial charge in [-0.05, 0) is 55.0 Å². The zero-order valence-electron chi connectivity index (χ0n) is 15.2. The van der Waals surface area contributed by atoms with Crippen molar-refractivity contribution in [2.45, 2.75) is 32.8 Å². The van der Waals surface area contributed by atoms with Crippen LogP contribution in [0.3, 0.4) is 0 Å². The number of hydrogen-bond acceptors (Lipinski definition) is 4. The summed E-state index contributed by atoms with van der Waals surface area (Å²) >= 11 is 1.52. The number of aliphatic hydroxyl groups excluding tert-OH is 1. The lowest BCUT2D eigenvalue weighted by Gasteiger charge is -2.11. The molecule has 0 spiro atoms. The van der Waals surface area contributed by atoms with E-state index in [2.05, 4.69) is 10.4 Å². The van der Waals surface area contributed by atoms with Gasteiger partial charge in [0.15, 0.2) is 0 Å². The third-order valence-corrected chi connectivity index (χ3v) is 5.51. The Bertz CT molecular complexity index is 883. The van der Waals surface area contributed by atoms with E-state index in [4.69, 9.17) is 0 Å². The Kier molecular flexibility index (Phi) is 5.54. The van der Waals surface area contributed by atoms with Gasteiger partial charge in [-0.1, -0.05) is 18.2 Å². The van der Waals surface area contributed by atoms with Crippen molar-refractivity contribution < 1.29 is 9.90 Å². The normalized spacial score (nSPS) is 12.2. The van der Waals surface area contributed by atoms with Gasteiger partial charge in [0, 0.05) is 29.7 Å². The third kappa shape index (κ3) is 4.03. The van der Waals surface area contributed by atoms with Crippen LogP contribution in [0.2, 0.25) is 0 Å². The Hall–Kier alpha value is -2.44. The van der Waals surface area contributed by atoms with Crippen LogP contribution < -0.4 is 5.32 Å². The molecular weight excluding hydrogens is 346 g/mol. The number of aliphatic hydroxyl groups is 1. The van der Waals surface area contributed by atoms with Gasteiger partial charge in [0.1, 0.15) is 6.10 Å². The number of amides is 1. The molecule has 2 aromatic heterocycles. The third-order valence-electron chi connectivity index (χ3n) is 4.58. The molecule has 1 unspecified atom stereocenters. The summed E-state index contributed by atoms with van der Waals surface area (Å²) in [6, 6.07) is 11.2. The van der Waals surface area contributed by atoms with Gasteiger partial charge >= 0.3 is 0 Å². The fraction of sp³-hybridized carbons (Fsp3) is 0.300. The molecule has 3 aromatic rings. The highest BCUT2D eigenvalue weighted by atomic mass is 32.1. The zero-order valence-corrected chi connectivity index (χ0v) is 16.0. The Morgan fingerprint density at radius 1 is 1.27 bits per heavy atom. The van der Waals surface area contributed by atoms with E-state index in [1.807, 2.05) is 67.4 Å². The highest BCUT2D eigenvalue weighted by Gasteiger charge is 2.13. The molecule has 0 aliphatic heterocycles. The number of anilines is 1. The van der Waals surface area contributed by atoms with Crippen LogP contribution in [0.1, 0.15) is 39.9 Å². The van der Waals surface area contributed by atoms with Crippen molar-refractivity contribution in [1.82, 2.24) is 9.78 Å². The minimum atomic E-state index is -0.628. The number of benzene rings is 1. The molecule has 3 rings (SSSR count). The first-order valence-electron chi connectivity index (χ1n) is 8.56. The molecule has 1 atom stereocenters. The Morgan fingerprint density at radius 2 is 2.00 bits per heavy atom. The van der Waals surface area contributed by atoms with Crippen LogP contribution in [0.4, 0.5) is 5.69 Å². The second kappa shape index (κ2) is 7.85. The van der Waals surface area contributed by atoms with E-state index in [0.717, 1.165) is 33.1 Å². The van der Waals surface area contributed by atoms with Crippen LogP contribution in [0.25, 0.3) is 0 Å². The molecule has 0 saturated carbocycles. The maximum Gasteiger partial charge on any atom is 0.224 e. The largest absolute Gasteiger partial charge is 0.383 e. The number of carbonyl (C=O) groups is 1. The first kappa shape index (κ1) is 18.4. The predicted octanol–water partition coefficient (Wildman–Crippen LogP) is 3.75. The van der Waals surface area contributed by atoms with Gasteiger partial charge in [-0.25, -0.2) is 0 Å². The van der Waals surface area contributed by atoms with Crippen molar-refractivity contribution in [1.29, 1.82) is 0 Å². The Labute approximate surface area is 157 Å². The van der Waals surface area contributed by atoms with Crippen molar-refractivity contribution >= 4 is 22.9 Å². The average Bonchev–Trinajstić information content (AvgIpc) is 3.23. The second-order valence-corrected chi connectivity index (χ2v) is 7.34. The molecule has 6 heteroatoms. The molecular formula is C20H23N3O2S. The lowest BCUT2D eigenvalue weighted by molar-refractivity contribution is -0.116. The lowest BCUT2D eigenvalue weighted by atomic mass is 10.1. The Morgan fingerprint density at radius 3 is 2.58 bits per heavy atom. The summed E-state index contributed by atoms with van der Waals surface area (Å²) in [7, 11) is 1.91. The van der Waals surface area contributed by atoms with Crippen LogP contribution in [0, 0.1) is 13.8 Å². The van der Waals surface area contributed by atoms with Crippen LogP contribution in [-0.4, -0.2) is 20.8 Å². The quantitative estimate of drug-likeness (QED) is 0.695. The smallest absolute Gasteiger partial charge is 0.224 e. The Balaban J connectivity index is 1.58. The van der Waals surface area contributed by atoms with E-state index in [1.54, 1.807) is 0 Å². The summed E-state index contributed by atoms with van der Waals surface area (Å²) in [6.07, 6.45) is 0.454. The number of nitrogens with zero attached hydrogens (tertiary/aromatic N) is 2. The van der Waals surface area contributed by atoms with E-state index >= 15 is 0 Å². The van der Waals surface area contributed by atoms with Crippen molar-refractivity contribution in [3.63, 3.8) is 0 Å². The highest BCUT2D eigenvalue weighted by molar-refractivity contribution is 7.10. The standard InChI is InChI=1S/C20H23N3O2S/c1-13-17(14(2)23(3)22-13)10-11-19(24)21-16-8-6-15(7-9-16)20(25)18-5-4-12-26-18/h4-9,12,20,25H,10-11H2,1-3H3,(H,21,24). The second-order valence-electron chi connectivity index (χ2n) is 6.36. The van der Waals surface area contributed by atoms with Gasteiger partial charge in [-0.15, -0.1) is 11.3 Å². The van der Waals surface area contributed by atoms with Crippen molar-refractivity contribution in [2.24, 2.45) is 7.05 Å². The topological polar surface area (TPSA) is 67.2 Å². The number of aromatic nitrogens is 2. The minimum Gasteiger partial charge on any atom is -0.383 e. The monoisotopic (exact) mass is 369 g/mol. The highest BCUT2D eigenvalue weighted by Crippen LogP contribution is 2.26. The van der Waals surface area contributed by atoms with Crippen LogP contribution in [0.5, 0.6) is 0 Å². The lowest BCUT2D eigenvalue weighted by Crippen LogP contribution is -2.13. The van der Waals surface area contributed by atoms with E-state index < -0.39 is 6.10 Å². The molecule has 1 aromatic carbocycles. The molecule has 0 aliphatic rings. The molecule has 0 radical (unpaired) electrons. The summed E-state index contributed by atoms with van der Waals surface area (Å²) in [5, 5.41) is 19.6. The van der Waals surface area contributed by atoms with Crippen LogP contribution in [-0.2, 0) is 18.3 Å². The molecule has 5 nitrogen and oxygen atoms in total. The minimum absolute atomic E-state index is 0.0285. The van der Waals surface area contributed by atoms with Crippen LogP contribution in [0.15, 0.2) is 41.8 Å². The zero-order chi connectivity index (χ0) is 18.7. The fourth-order valence-corrected chi connectivity index (χ4v) is 3.74. The summed E-state index contributed by atoms with van der Waals surface area (Å²) < 4.78 is 1.85. The van der Waals surface area contributed by atoms with Gasteiger partial charge in [0.05, 0.1) is 5.69 Å². The maximum atomic E-state index is 12.2. The first-order valence-corrected chi connectivity index (χ1v) is 9.44. The molecule has 2 N–H and O–H groups in total. The molecule has 26 heavy (non-hydrogen) atoms. The van der Waals surface area contributed by atoms with E-state index in [1.165, 1.54) is 11.3 Å². The number of nitrogens with one attached hydrogen (secondary N) is 1. The summed E-state index contributed by atoms with van der Waals surface area (Å²) in [6.45, 7) is 3.99. The van der Waals surface area contributed by atoms with Gasteiger partial charge in [-0.2, -0.15) is 5.10 Å². The summed E-state index contributed by atoms with van der Waals surface area (Å²) in [4.78, 5) is 13.1. The number of thiophene rings is 1. The van der Waals surface area contributed by atoms with Crippen molar-refractivity contribution in [3.05, 3.63) is 69.2 Å². The van der Waals surface area contributed by atoms with Gasteiger partial charge in [0.2, 0.25) is 5.91 Å². The number of rotatable bonds is 6. The van der Waals surface area contributed by atoms with E-state index in [9.17, 15) is 9.90 Å². The molecule has 1 amide bonds. The van der Waals surface area contributed by atoms with Gasteiger partial charge in [-0.3, -0.25) is 9.48 Å². The molecule has 2 heterocycles. The van der Waals surface area contributed by atoms with Gasteiger partial charge in [0.25, 0.3) is 0 Å². The van der Waals surface area contributed by atoms with E-state index in [0.29, 0.717) is 12.8 Å². The van der Waals surface area contributed by atoms with E-state index in [-0.39, 0.29) is 5.91 Å². The summed E-state index contributed by atoms with van der Waals surface area (Å²) in [5.41, 5.74) is 4.76. The average molecular weight is 369 g/mol. The first-order chi connectivity index (χ1) is 12.5. The number of hydrogen-bond donors (Lipinski definition) is 2. The van der Waals surface area contributed by atoms with Crippen molar-refractivity contribution in [2.75, 3.05) is 5.32 Å². The predicted molar refractivity (Wildman–Crippen MR) is 104 cm³/mol. The van der Waals surface area contributed by atoms with Crippen molar-refractivity contribution in [3.8, 4) is 0 Å². The fourth-order valence-electron chi connectivity index (χ4n) is 3.00. The molecule has 136 valence electrons. The number of aryl methyl sites for hydroxylation is 2. The summed E-state index contributed by atoms with van der Waals surface area (Å²) in [5.74, 6) is -0.0285. The van der Waals surface area contributed by atoms with Crippen LogP contribution >= 0.6 is 11.3 Å². The maximum absolute atomic E-state index is 12.2. The molecule has 0 bridgehead atoms. The molecule has 0 saturated heterocycles. The number of carbonyl (C=O) groups excluding carboxylic acids is 1. The molecule has 0 fully saturated rings. The molecule has 0 aliphatic carbocycles. The van der Waals surface area contributed by atoms with Gasteiger partial charge < -0.3 is 10.4 Å².